The van der Waals surface area contributed by atoms with Crippen LogP contribution in [0.3, 0.4) is 0 Å². The van der Waals surface area contributed by atoms with Crippen LogP contribution in [0.1, 0.15) is 22.5 Å². The first-order valence-electron chi connectivity index (χ1n) is 7.65. The summed E-state index contributed by atoms with van der Waals surface area (Å²) in [4.78, 5) is 33.4. The van der Waals surface area contributed by atoms with E-state index in [1.54, 1.807) is 0 Å². The Kier molecular flexibility index (Phi) is 4.50. The molecule has 6 nitrogen and oxygen atoms in total. The average Bonchev–Trinajstić information content (AvgIpc) is 3.04. The molecule has 2 aromatic rings. The second-order valence-corrected chi connectivity index (χ2v) is 5.70. The lowest BCUT2D eigenvalue weighted by molar-refractivity contribution is -0.132. The number of hydrogen-bond acceptors (Lipinski definition) is 4. The number of benzene rings is 1. The molecule has 7 heteroatoms. The largest absolute Gasteiger partial charge is 0.349 e. The predicted molar refractivity (Wildman–Crippen MR) is 84.7 cm³/mol. The van der Waals surface area contributed by atoms with E-state index in [0.717, 1.165) is 5.56 Å². The molecule has 0 radical (unpaired) electrons. The van der Waals surface area contributed by atoms with Crippen LogP contribution in [0.25, 0.3) is 0 Å². The first-order valence-corrected chi connectivity index (χ1v) is 7.65. The van der Waals surface area contributed by atoms with Gasteiger partial charge in [-0.3, -0.25) is 9.59 Å². The van der Waals surface area contributed by atoms with Crippen molar-refractivity contribution >= 4 is 11.8 Å². The van der Waals surface area contributed by atoms with E-state index >= 15 is 0 Å². The van der Waals surface area contributed by atoms with Crippen LogP contribution in [0.5, 0.6) is 0 Å². The van der Waals surface area contributed by atoms with Crippen LogP contribution < -0.4 is 5.32 Å². The molecule has 0 spiro atoms. The van der Waals surface area contributed by atoms with E-state index in [1.807, 2.05) is 30.3 Å². The quantitative estimate of drug-likeness (QED) is 0.919. The first kappa shape index (κ1) is 16.0. The van der Waals surface area contributed by atoms with Crippen molar-refractivity contribution in [1.29, 1.82) is 0 Å². The number of aromatic nitrogens is 2. The van der Waals surface area contributed by atoms with Gasteiger partial charge in [0.05, 0.1) is 6.54 Å². The monoisotopic (exact) mass is 328 g/mol. The van der Waals surface area contributed by atoms with Gasteiger partial charge in [0.15, 0.2) is 0 Å². The van der Waals surface area contributed by atoms with Gasteiger partial charge in [-0.2, -0.15) is 0 Å². The first-order chi connectivity index (χ1) is 11.6. The van der Waals surface area contributed by atoms with Crippen LogP contribution in [-0.4, -0.2) is 45.4 Å². The molecule has 1 atom stereocenters. The lowest BCUT2D eigenvalue weighted by Gasteiger charge is -2.20. The molecule has 2 amide bonds. The van der Waals surface area contributed by atoms with Crippen molar-refractivity contribution in [3.8, 4) is 0 Å². The second-order valence-electron chi connectivity index (χ2n) is 5.70. The van der Waals surface area contributed by atoms with E-state index in [0.29, 0.717) is 0 Å². The molecule has 0 saturated carbocycles. The number of likely N-dealkylation sites (tertiary alicyclic amines) is 1. The number of carbonyl (C=O) groups is 2. The van der Waals surface area contributed by atoms with Crippen molar-refractivity contribution < 1.29 is 14.0 Å². The van der Waals surface area contributed by atoms with Crippen LogP contribution in [0.15, 0.2) is 48.9 Å². The van der Waals surface area contributed by atoms with Crippen LogP contribution in [0, 0.1) is 0 Å². The fraction of sp³-hybridized carbons (Fsp3) is 0.294. The van der Waals surface area contributed by atoms with Crippen LogP contribution in [0.4, 0.5) is 4.39 Å². The van der Waals surface area contributed by atoms with E-state index in [2.05, 4.69) is 15.3 Å². The number of rotatable bonds is 4. The molecule has 1 N–H and O–H groups in total. The molecule has 0 aliphatic carbocycles. The molecule has 2 heterocycles. The zero-order valence-corrected chi connectivity index (χ0v) is 13.0. The summed E-state index contributed by atoms with van der Waals surface area (Å²) in [7, 11) is 0. The van der Waals surface area contributed by atoms with Crippen LogP contribution in [-0.2, 0) is 11.3 Å². The third kappa shape index (κ3) is 3.40. The Hall–Kier alpha value is -2.83. The minimum absolute atomic E-state index is 0.0234. The molecule has 24 heavy (non-hydrogen) atoms. The molecular weight excluding hydrogens is 311 g/mol. The second kappa shape index (κ2) is 6.74. The maximum atomic E-state index is 14.9. The molecule has 1 aromatic heterocycles. The number of nitrogens with zero attached hydrogens (tertiary/aromatic N) is 3. The van der Waals surface area contributed by atoms with Gasteiger partial charge in [0.25, 0.3) is 11.8 Å². The topological polar surface area (TPSA) is 75.2 Å². The van der Waals surface area contributed by atoms with Gasteiger partial charge in [0.1, 0.15) is 12.0 Å². The molecule has 1 saturated heterocycles. The standard InChI is InChI=1S/C17H17FN4O2/c18-17(16(24)20-10-13-4-2-1-3-5-13)7-9-22(11-17)15(23)14-6-8-19-12-21-14/h1-6,8,12H,7,9-11H2,(H,20,24). The number of alkyl halides is 1. The van der Waals surface area contributed by atoms with E-state index in [9.17, 15) is 14.0 Å². The summed E-state index contributed by atoms with van der Waals surface area (Å²) in [5.74, 6) is -1.09. The Balaban J connectivity index is 1.60. The highest BCUT2D eigenvalue weighted by Gasteiger charge is 2.46. The molecule has 1 aliphatic rings. The smallest absolute Gasteiger partial charge is 0.272 e. The fourth-order valence-corrected chi connectivity index (χ4v) is 2.65. The molecule has 124 valence electrons. The van der Waals surface area contributed by atoms with Gasteiger partial charge in [0, 0.05) is 25.7 Å². The Bertz CT molecular complexity index is 726. The van der Waals surface area contributed by atoms with Crippen molar-refractivity contribution in [1.82, 2.24) is 20.2 Å². The number of carbonyl (C=O) groups excluding carboxylic acids is 2. The molecule has 1 unspecified atom stereocenters. The number of halogens is 1. The number of amides is 2. The molecular formula is C17H17FN4O2. The van der Waals surface area contributed by atoms with Gasteiger partial charge in [-0.15, -0.1) is 0 Å². The minimum Gasteiger partial charge on any atom is -0.349 e. The minimum atomic E-state index is -2.07. The molecule has 3 rings (SSSR count). The van der Waals surface area contributed by atoms with Crippen molar-refractivity contribution in [2.45, 2.75) is 18.6 Å². The van der Waals surface area contributed by atoms with Gasteiger partial charge in [-0.1, -0.05) is 30.3 Å². The van der Waals surface area contributed by atoms with Gasteiger partial charge in [-0.05, 0) is 11.6 Å². The number of nitrogens with one attached hydrogen (secondary N) is 1. The average molecular weight is 328 g/mol. The van der Waals surface area contributed by atoms with Gasteiger partial charge >= 0.3 is 0 Å². The molecule has 1 aromatic carbocycles. The lowest BCUT2D eigenvalue weighted by Crippen LogP contribution is -2.45. The van der Waals surface area contributed by atoms with E-state index in [-0.39, 0.29) is 31.7 Å². The highest BCUT2D eigenvalue weighted by Crippen LogP contribution is 2.27. The Morgan fingerprint density at radius 3 is 2.75 bits per heavy atom. The Morgan fingerprint density at radius 1 is 1.25 bits per heavy atom. The summed E-state index contributed by atoms with van der Waals surface area (Å²) >= 11 is 0. The van der Waals surface area contributed by atoms with Gasteiger partial charge in [0.2, 0.25) is 5.67 Å². The summed E-state index contributed by atoms with van der Waals surface area (Å²) in [6, 6.07) is 10.7. The maximum Gasteiger partial charge on any atom is 0.272 e. The summed E-state index contributed by atoms with van der Waals surface area (Å²) in [6.07, 6.45) is 2.69. The number of hydrogen-bond donors (Lipinski definition) is 1. The zero-order valence-electron chi connectivity index (χ0n) is 13.0. The van der Waals surface area contributed by atoms with Gasteiger partial charge in [-0.25, -0.2) is 14.4 Å². The highest BCUT2D eigenvalue weighted by atomic mass is 19.1. The van der Waals surface area contributed by atoms with Crippen molar-refractivity contribution in [3.63, 3.8) is 0 Å². The molecule has 1 fully saturated rings. The third-order valence-electron chi connectivity index (χ3n) is 4.01. The van der Waals surface area contributed by atoms with Crippen LogP contribution in [0.2, 0.25) is 0 Å². The van der Waals surface area contributed by atoms with Crippen LogP contribution >= 0.6 is 0 Å². The summed E-state index contributed by atoms with van der Waals surface area (Å²) < 4.78 is 14.9. The predicted octanol–water partition coefficient (Wildman–Crippen LogP) is 1.35. The van der Waals surface area contributed by atoms with Crippen molar-refractivity contribution in [2.24, 2.45) is 0 Å². The summed E-state index contributed by atoms with van der Waals surface area (Å²) in [6.45, 7) is 0.166. The van der Waals surface area contributed by atoms with Gasteiger partial charge < -0.3 is 10.2 Å². The normalized spacial score (nSPS) is 20.0. The lowest BCUT2D eigenvalue weighted by atomic mass is 10.0. The summed E-state index contributed by atoms with van der Waals surface area (Å²) in [5.41, 5.74) is -0.988. The highest BCUT2D eigenvalue weighted by molar-refractivity contribution is 5.94. The van der Waals surface area contributed by atoms with E-state index in [1.165, 1.54) is 23.5 Å². The maximum absolute atomic E-state index is 14.9. The Labute approximate surface area is 138 Å². The van der Waals surface area contributed by atoms with E-state index in [4.69, 9.17) is 0 Å². The molecule has 1 aliphatic heterocycles. The SMILES string of the molecule is O=C(c1ccncn1)N1CCC(F)(C(=O)NCc2ccccc2)C1. The van der Waals surface area contributed by atoms with Crippen molar-refractivity contribution in [2.75, 3.05) is 13.1 Å². The Morgan fingerprint density at radius 2 is 2.04 bits per heavy atom. The molecule has 0 bridgehead atoms. The van der Waals surface area contributed by atoms with Crippen molar-refractivity contribution in [3.05, 3.63) is 60.2 Å². The fourth-order valence-electron chi connectivity index (χ4n) is 2.65. The zero-order chi connectivity index (χ0) is 17.0. The third-order valence-corrected chi connectivity index (χ3v) is 4.01. The van der Waals surface area contributed by atoms with E-state index < -0.39 is 17.5 Å². The summed E-state index contributed by atoms with van der Waals surface area (Å²) in [5, 5.41) is 2.60.